The van der Waals surface area contributed by atoms with E-state index < -0.39 is 5.97 Å². The molecule has 0 spiro atoms. The van der Waals surface area contributed by atoms with Crippen LogP contribution in [0.3, 0.4) is 0 Å². The molecular formula is C18H26N2O3. The molecule has 2 aromatic rings. The lowest BCUT2D eigenvalue weighted by molar-refractivity contribution is 0.0697. The smallest absolute Gasteiger partial charge is 0.335 e. The average Bonchev–Trinajstić information content (AvgIpc) is 3.05. The van der Waals surface area contributed by atoms with Gasteiger partial charge in [0.25, 0.3) is 0 Å². The molecule has 5 heteroatoms. The number of hydrogen-bond donors (Lipinski definition) is 1. The van der Waals surface area contributed by atoms with Crippen molar-refractivity contribution in [2.45, 2.75) is 59.3 Å². The lowest BCUT2D eigenvalue weighted by Gasteiger charge is -1.99. The summed E-state index contributed by atoms with van der Waals surface area (Å²) < 4.78 is 5.16. The van der Waals surface area contributed by atoms with Crippen LogP contribution in [0.5, 0.6) is 0 Å². The van der Waals surface area contributed by atoms with Gasteiger partial charge in [-0.05, 0) is 18.6 Å². The van der Waals surface area contributed by atoms with Crippen molar-refractivity contribution in [3.63, 3.8) is 0 Å². The number of aromatic nitrogens is 2. The molecule has 0 saturated carbocycles. The van der Waals surface area contributed by atoms with E-state index in [2.05, 4.69) is 24.0 Å². The van der Waals surface area contributed by atoms with Gasteiger partial charge in [-0.3, -0.25) is 0 Å². The summed E-state index contributed by atoms with van der Waals surface area (Å²) in [6.07, 6.45) is 4.99. The van der Waals surface area contributed by atoms with E-state index in [1.807, 2.05) is 13.8 Å². The number of benzene rings is 1. The zero-order valence-electron chi connectivity index (χ0n) is 14.4. The molecule has 0 radical (unpaired) electrons. The standard InChI is InChI=1S/C13H14N2O3.C5H12/c1-3-8(2)12-14-11(15-18-12)9-5-4-6-10(7-9)13(16)17;1-3-5-4-2/h4-8H,3H2,1-2H3,(H,16,17);3-5H2,1-2H3. The van der Waals surface area contributed by atoms with Crippen LogP contribution in [0.4, 0.5) is 0 Å². The Balaban J connectivity index is 0.000000463. The molecule has 0 aliphatic heterocycles. The Morgan fingerprint density at radius 3 is 2.48 bits per heavy atom. The molecule has 1 aromatic heterocycles. The summed E-state index contributed by atoms with van der Waals surface area (Å²) in [5.74, 6) is 0.234. The molecular weight excluding hydrogens is 292 g/mol. The third-order valence-electron chi connectivity index (χ3n) is 3.55. The predicted octanol–water partition coefficient (Wildman–Crippen LogP) is 5.14. The largest absolute Gasteiger partial charge is 0.478 e. The Morgan fingerprint density at radius 2 is 1.96 bits per heavy atom. The Kier molecular flexibility index (Phi) is 8.02. The van der Waals surface area contributed by atoms with E-state index >= 15 is 0 Å². The monoisotopic (exact) mass is 318 g/mol. The van der Waals surface area contributed by atoms with E-state index in [9.17, 15) is 4.79 Å². The van der Waals surface area contributed by atoms with E-state index in [-0.39, 0.29) is 11.5 Å². The fraction of sp³-hybridized carbons (Fsp3) is 0.500. The minimum atomic E-state index is -0.970. The zero-order chi connectivity index (χ0) is 17.2. The summed E-state index contributed by atoms with van der Waals surface area (Å²) in [5, 5.41) is 12.8. The molecule has 2 rings (SSSR count). The van der Waals surface area contributed by atoms with Gasteiger partial charge in [-0.2, -0.15) is 4.98 Å². The summed E-state index contributed by atoms with van der Waals surface area (Å²) >= 11 is 0. The van der Waals surface area contributed by atoms with Crippen LogP contribution in [0.2, 0.25) is 0 Å². The fourth-order valence-corrected chi connectivity index (χ4v) is 1.87. The number of hydrogen-bond acceptors (Lipinski definition) is 4. The number of nitrogens with zero attached hydrogens (tertiary/aromatic N) is 2. The van der Waals surface area contributed by atoms with Gasteiger partial charge in [0.15, 0.2) is 0 Å². The molecule has 0 fully saturated rings. The highest BCUT2D eigenvalue weighted by atomic mass is 16.5. The molecule has 0 bridgehead atoms. The first-order valence-corrected chi connectivity index (χ1v) is 8.20. The number of aromatic carboxylic acids is 1. The molecule has 1 aromatic carbocycles. The summed E-state index contributed by atoms with van der Waals surface area (Å²) in [6.45, 7) is 8.47. The van der Waals surface area contributed by atoms with Gasteiger partial charge in [0.1, 0.15) is 0 Å². The second-order valence-corrected chi connectivity index (χ2v) is 5.51. The molecule has 1 unspecified atom stereocenters. The third kappa shape index (κ3) is 5.85. The number of carboxylic acid groups (broad SMARTS) is 1. The first-order chi connectivity index (χ1) is 11.0. The van der Waals surface area contributed by atoms with Crippen LogP contribution in [-0.4, -0.2) is 21.2 Å². The number of carbonyl (C=O) groups is 1. The van der Waals surface area contributed by atoms with Crippen molar-refractivity contribution >= 4 is 5.97 Å². The van der Waals surface area contributed by atoms with Crippen molar-refractivity contribution in [1.29, 1.82) is 0 Å². The Bertz CT molecular complexity index is 606. The number of unbranched alkanes of at least 4 members (excludes halogenated alkanes) is 2. The van der Waals surface area contributed by atoms with E-state index in [1.54, 1.807) is 12.1 Å². The van der Waals surface area contributed by atoms with Crippen molar-refractivity contribution in [2.24, 2.45) is 0 Å². The van der Waals surface area contributed by atoms with E-state index in [0.29, 0.717) is 17.3 Å². The summed E-state index contributed by atoms with van der Waals surface area (Å²) in [4.78, 5) is 15.2. The number of carboxylic acids is 1. The summed E-state index contributed by atoms with van der Waals surface area (Å²) in [7, 11) is 0. The van der Waals surface area contributed by atoms with Crippen LogP contribution >= 0.6 is 0 Å². The maximum Gasteiger partial charge on any atom is 0.335 e. The third-order valence-corrected chi connectivity index (χ3v) is 3.55. The van der Waals surface area contributed by atoms with E-state index in [4.69, 9.17) is 9.63 Å². The van der Waals surface area contributed by atoms with Crippen LogP contribution in [-0.2, 0) is 0 Å². The van der Waals surface area contributed by atoms with Gasteiger partial charge in [-0.1, -0.05) is 64.2 Å². The molecule has 5 nitrogen and oxygen atoms in total. The van der Waals surface area contributed by atoms with Crippen molar-refractivity contribution in [3.05, 3.63) is 35.7 Å². The van der Waals surface area contributed by atoms with E-state index in [1.165, 1.54) is 31.4 Å². The Labute approximate surface area is 137 Å². The maximum absolute atomic E-state index is 10.9. The normalized spacial score (nSPS) is 11.5. The van der Waals surface area contributed by atoms with Gasteiger partial charge in [0, 0.05) is 11.5 Å². The topological polar surface area (TPSA) is 76.2 Å². The van der Waals surface area contributed by atoms with Gasteiger partial charge in [0.05, 0.1) is 5.56 Å². The lowest BCUT2D eigenvalue weighted by Crippen LogP contribution is -1.96. The fourth-order valence-electron chi connectivity index (χ4n) is 1.87. The highest BCUT2D eigenvalue weighted by molar-refractivity contribution is 5.89. The van der Waals surface area contributed by atoms with Gasteiger partial charge >= 0.3 is 5.97 Å². The highest BCUT2D eigenvalue weighted by Crippen LogP contribution is 2.22. The van der Waals surface area contributed by atoms with Gasteiger partial charge in [-0.15, -0.1) is 0 Å². The molecule has 1 atom stereocenters. The quantitative estimate of drug-likeness (QED) is 0.797. The Hall–Kier alpha value is -2.17. The first-order valence-electron chi connectivity index (χ1n) is 8.20. The average molecular weight is 318 g/mol. The van der Waals surface area contributed by atoms with Crippen molar-refractivity contribution in [1.82, 2.24) is 10.1 Å². The summed E-state index contributed by atoms with van der Waals surface area (Å²) in [6, 6.07) is 6.49. The Morgan fingerprint density at radius 1 is 1.26 bits per heavy atom. The second kappa shape index (κ2) is 9.77. The minimum Gasteiger partial charge on any atom is -0.478 e. The van der Waals surface area contributed by atoms with Crippen LogP contribution < -0.4 is 0 Å². The second-order valence-electron chi connectivity index (χ2n) is 5.51. The SMILES string of the molecule is CCC(C)c1nc(-c2cccc(C(=O)O)c2)no1.CCCCC. The lowest BCUT2D eigenvalue weighted by atomic mass is 10.1. The van der Waals surface area contributed by atoms with Crippen LogP contribution in [0.25, 0.3) is 11.4 Å². The molecule has 1 heterocycles. The zero-order valence-corrected chi connectivity index (χ0v) is 14.4. The molecule has 0 aliphatic rings. The summed E-state index contributed by atoms with van der Waals surface area (Å²) in [5.41, 5.74) is 0.857. The molecule has 126 valence electrons. The predicted molar refractivity (Wildman–Crippen MR) is 90.6 cm³/mol. The van der Waals surface area contributed by atoms with Crippen LogP contribution in [0.15, 0.2) is 28.8 Å². The molecule has 0 aliphatic carbocycles. The van der Waals surface area contributed by atoms with Crippen LogP contribution in [0, 0.1) is 0 Å². The first kappa shape index (κ1) is 18.9. The number of rotatable bonds is 6. The maximum atomic E-state index is 10.9. The van der Waals surface area contributed by atoms with E-state index in [0.717, 1.165) is 6.42 Å². The molecule has 1 N–H and O–H groups in total. The molecule has 0 saturated heterocycles. The molecule has 23 heavy (non-hydrogen) atoms. The van der Waals surface area contributed by atoms with Crippen molar-refractivity contribution in [3.8, 4) is 11.4 Å². The van der Waals surface area contributed by atoms with Gasteiger partial charge < -0.3 is 9.63 Å². The van der Waals surface area contributed by atoms with Crippen molar-refractivity contribution < 1.29 is 14.4 Å². The van der Waals surface area contributed by atoms with Gasteiger partial charge in [0.2, 0.25) is 11.7 Å². The highest BCUT2D eigenvalue weighted by Gasteiger charge is 2.14. The minimum absolute atomic E-state index is 0.203. The van der Waals surface area contributed by atoms with Crippen molar-refractivity contribution in [2.75, 3.05) is 0 Å². The van der Waals surface area contributed by atoms with Gasteiger partial charge in [-0.25, -0.2) is 4.79 Å². The van der Waals surface area contributed by atoms with Crippen LogP contribution in [0.1, 0.15) is 75.5 Å². The molecule has 0 amide bonds.